The van der Waals surface area contributed by atoms with Crippen molar-refractivity contribution in [3.63, 3.8) is 0 Å². The first-order chi connectivity index (χ1) is 15.5. The summed E-state index contributed by atoms with van der Waals surface area (Å²) >= 11 is 0. The summed E-state index contributed by atoms with van der Waals surface area (Å²) in [4.78, 5) is 36.4. The van der Waals surface area contributed by atoms with E-state index in [9.17, 15) is 9.59 Å². The first-order valence-corrected chi connectivity index (χ1v) is 11.5. The van der Waals surface area contributed by atoms with Crippen LogP contribution >= 0.6 is 0 Å². The molecule has 1 atom stereocenters. The number of carbonyl (C=O) groups excluding carboxylic acids is 2. The van der Waals surface area contributed by atoms with Crippen molar-refractivity contribution in [3.8, 4) is 0 Å². The van der Waals surface area contributed by atoms with Crippen molar-refractivity contribution in [2.75, 3.05) is 49.1 Å². The highest BCUT2D eigenvalue weighted by Gasteiger charge is 2.35. The number of nitrogens with zero attached hydrogens (tertiary/aromatic N) is 4. The van der Waals surface area contributed by atoms with Crippen molar-refractivity contribution in [2.45, 2.75) is 33.7 Å². The van der Waals surface area contributed by atoms with Crippen molar-refractivity contribution in [2.24, 2.45) is 5.92 Å². The van der Waals surface area contributed by atoms with Crippen LogP contribution in [0.5, 0.6) is 0 Å². The van der Waals surface area contributed by atoms with Crippen LogP contribution in [0, 0.1) is 19.8 Å². The van der Waals surface area contributed by atoms with Crippen molar-refractivity contribution in [3.05, 3.63) is 53.2 Å². The topological polar surface area (TPSA) is 68.8 Å². The molecule has 2 amide bonds. The molecule has 1 aromatic carbocycles. The fourth-order valence-electron chi connectivity index (χ4n) is 4.48. The fourth-order valence-corrected chi connectivity index (χ4v) is 4.48. The molecule has 1 unspecified atom stereocenters. The first kappa shape index (κ1) is 22.3. The lowest BCUT2D eigenvalue weighted by Crippen LogP contribution is -2.46. The molecule has 0 bridgehead atoms. The largest absolute Gasteiger partial charge is 0.354 e. The second kappa shape index (κ2) is 9.69. The van der Waals surface area contributed by atoms with Crippen LogP contribution in [0.2, 0.25) is 0 Å². The molecule has 32 heavy (non-hydrogen) atoms. The van der Waals surface area contributed by atoms with Gasteiger partial charge in [0.25, 0.3) is 0 Å². The maximum atomic E-state index is 12.7. The minimum atomic E-state index is -0.329. The van der Waals surface area contributed by atoms with Gasteiger partial charge < -0.3 is 20.0 Å². The van der Waals surface area contributed by atoms with E-state index in [4.69, 9.17) is 0 Å². The molecule has 2 aromatic rings. The van der Waals surface area contributed by atoms with Crippen LogP contribution in [0.3, 0.4) is 0 Å². The lowest BCUT2D eigenvalue weighted by molar-refractivity contribution is -0.126. The molecule has 170 valence electrons. The second-order valence-corrected chi connectivity index (χ2v) is 8.79. The van der Waals surface area contributed by atoms with E-state index in [1.807, 2.05) is 50.4 Å². The summed E-state index contributed by atoms with van der Waals surface area (Å²) in [7, 11) is 0. The van der Waals surface area contributed by atoms with Crippen molar-refractivity contribution in [1.82, 2.24) is 15.2 Å². The molecule has 0 saturated carbocycles. The Morgan fingerprint density at radius 3 is 2.59 bits per heavy atom. The van der Waals surface area contributed by atoms with Crippen LogP contribution in [0.15, 0.2) is 36.5 Å². The fraction of sp³-hybridized carbons (Fsp3) is 0.480. The molecule has 3 heterocycles. The number of aromatic nitrogens is 1. The van der Waals surface area contributed by atoms with Crippen LogP contribution in [-0.4, -0.2) is 61.0 Å². The van der Waals surface area contributed by atoms with Gasteiger partial charge in [-0.2, -0.15) is 0 Å². The number of benzene rings is 1. The van der Waals surface area contributed by atoms with Gasteiger partial charge >= 0.3 is 0 Å². The molecule has 1 aromatic heterocycles. The average Bonchev–Trinajstić information content (AvgIpc) is 3.21. The first-order valence-electron chi connectivity index (χ1n) is 11.5. The Morgan fingerprint density at radius 1 is 1.12 bits per heavy atom. The van der Waals surface area contributed by atoms with Gasteiger partial charge in [-0.1, -0.05) is 25.1 Å². The zero-order valence-corrected chi connectivity index (χ0v) is 19.3. The normalized spacial score (nSPS) is 19.5. The standard InChI is InChI=1S/C25H33N5O2/c1-4-28-10-12-29(13-11-28)23-9-8-20(15-26-23)16-27-25(32)21-14-24(31)30(17-21)22-7-5-6-18(2)19(22)3/h5-9,15,21H,4,10-14,16-17H2,1-3H3,(H,27,32). The summed E-state index contributed by atoms with van der Waals surface area (Å²) in [6, 6.07) is 10.0. The molecular weight excluding hydrogens is 402 g/mol. The van der Waals surface area contributed by atoms with Gasteiger partial charge in [-0.3, -0.25) is 9.59 Å². The van der Waals surface area contributed by atoms with Gasteiger partial charge in [-0.05, 0) is 49.2 Å². The lowest BCUT2D eigenvalue weighted by Gasteiger charge is -2.34. The Balaban J connectivity index is 1.30. The number of aryl methyl sites for hydroxylation is 1. The van der Waals surface area contributed by atoms with Crippen LogP contribution in [0.1, 0.15) is 30.0 Å². The van der Waals surface area contributed by atoms with E-state index in [2.05, 4.69) is 27.0 Å². The number of likely N-dealkylation sites (N-methyl/N-ethyl adjacent to an activating group) is 1. The monoisotopic (exact) mass is 435 g/mol. The Morgan fingerprint density at radius 2 is 1.91 bits per heavy atom. The van der Waals surface area contributed by atoms with Gasteiger partial charge in [-0.25, -0.2) is 4.98 Å². The number of anilines is 2. The SMILES string of the molecule is CCN1CCN(c2ccc(CNC(=O)C3CC(=O)N(c4cccc(C)c4C)C3)cn2)CC1. The van der Waals surface area contributed by atoms with E-state index in [-0.39, 0.29) is 24.2 Å². The zero-order valence-electron chi connectivity index (χ0n) is 19.3. The third-order valence-corrected chi connectivity index (χ3v) is 6.78. The van der Waals surface area contributed by atoms with E-state index in [0.29, 0.717) is 13.1 Å². The van der Waals surface area contributed by atoms with Crippen LogP contribution < -0.4 is 15.1 Å². The van der Waals surface area contributed by atoms with Crippen LogP contribution in [0.4, 0.5) is 11.5 Å². The highest BCUT2D eigenvalue weighted by atomic mass is 16.2. The highest BCUT2D eigenvalue weighted by molar-refractivity contribution is 6.00. The van der Waals surface area contributed by atoms with Gasteiger partial charge in [0, 0.05) is 57.6 Å². The van der Waals surface area contributed by atoms with E-state index < -0.39 is 0 Å². The summed E-state index contributed by atoms with van der Waals surface area (Å²) in [6.07, 6.45) is 2.09. The average molecular weight is 436 g/mol. The van der Waals surface area contributed by atoms with Crippen molar-refractivity contribution < 1.29 is 9.59 Å². The van der Waals surface area contributed by atoms with Gasteiger partial charge in [0.1, 0.15) is 5.82 Å². The Kier molecular flexibility index (Phi) is 6.74. The van der Waals surface area contributed by atoms with Crippen molar-refractivity contribution in [1.29, 1.82) is 0 Å². The second-order valence-electron chi connectivity index (χ2n) is 8.79. The molecule has 2 saturated heterocycles. The van der Waals surface area contributed by atoms with E-state index in [1.165, 1.54) is 0 Å². The van der Waals surface area contributed by atoms with Gasteiger partial charge in [-0.15, -0.1) is 0 Å². The molecule has 2 aliphatic heterocycles. The van der Waals surface area contributed by atoms with E-state index in [1.54, 1.807) is 4.90 Å². The molecule has 0 spiro atoms. The summed E-state index contributed by atoms with van der Waals surface area (Å²) < 4.78 is 0. The molecule has 1 N–H and O–H groups in total. The minimum absolute atomic E-state index is 0.00744. The molecule has 0 radical (unpaired) electrons. The number of amides is 2. The highest BCUT2D eigenvalue weighted by Crippen LogP contribution is 2.29. The number of hydrogen-bond acceptors (Lipinski definition) is 5. The van der Waals surface area contributed by atoms with Crippen LogP contribution in [0.25, 0.3) is 0 Å². The smallest absolute Gasteiger partial charge is 0.227 e. The molecular formula is C25H33N5O2. The quantitative estimate of drug-likeness (QED) is 0.755. The predicted octanol–water partition coefficient (Wildman–Crippen LogP) is 2.51. The Labute approximate surface area is 190 Å². The summed E-state index contributed by atoms with van der Waals surface area (Å²) in [6.45, 7) is 12.3. The maximum Gasteiger partial charge on any atom is 0.227 e. The molecule has 0 aliphatic carbocycles. The third kappa shape index (κ3) is 4.78. The zero-order chi connectivity index (χ0) is 22.7. The predicted molar refractivity (Wildman–Crippen MR) is 127 cm³/mol. The van der Waals surface area contributed by atoms with Crippen LogP contribution in [-0.2, 0) is 16.1 Å². The number of pyridine rings is 1. The van der Waals surface area contributed by atoms with Gasteiger partial charge in [0.2, 0.25) is 11.8 Å². The molecule has 7 nitrogen and oxygen atoms in total. The third-order valence-electron chi connectivity index (χ3n) is 6.78. The number of nitrogens with one attached hydrogen (secondary N) is 1. The summed E-state index contributed by atoms with van der Waals surface area (Å²) in [5.41, 5.74) is 4.10. The molecule has 7 heteroatoms. The van der Waals surface area contributed by atoms with Gasteiger partial charge in [0.15, 0.2) is 0 Å². The Hall–Kier alpha value is -2.93. The van der Waals surface area contributed by atoms with Crippen molar-refractivity contribution >= 4 is 23.3 Å². The number of hydrogen-bond donors (Lipinski definition) is 1. The number of carbonyl (C=O) groups is 2. The minimum Gasteiger partial charge on any atom is -0.354 e. The number of piperazine rings is 1. The molecule has 2 fully saturated rings. The summed E-state index contributed by atoms with van der Waals surface area (Å²) in [5.74, 6) is 0.588. The summed E-state index contributed by atoms with van der Waals surface area (Å²) in [5, 5.41) is 2.99. The molecule has 2 aliphatic rings. The van der Waals surface area contributed by atoms with E-state index >= 15 is 0 Å². The Bertz CT molecular complexity index is 967. The number of rotatable bonds is 6. The lowest BCUT2D eigenvalue weighted by atomic mass is 10.1. The molecule has 4 rings (SSSR count). The maximum absolute atomic E-state index is 12.7. The van der Waals surface area contributed by atoms with E-state index in [0.717, 1.165) is 60.9 Å². The van der Waals surface area contributed by atoms with Gasteiger partial charge in [0.05, 0.1) is 5.92 Å².